The Morgan fingerprint density at radius 2 is 1.89 bits per heavy atom. The zero-order chi connectivity index (χ0) is 20.3. The van der Waals surface area contributed by atoms with E-state index in [4.69, 9.17) is 25.5 Å². The van der Waals surface area contributed by atoms with Crippen LogP contribution in [0.5, 0.6) is 5.75 Å². The molecule has 6 heteroatoms. The highest BCUT2D eigenvalue weighted by molar-refractivity contribution is 6.33. The second-order valence-electron chi connectivity index (χ2n) is 6.53. The van der Waals surface area contributed by atoms with Gasteiger partial charge in [0.25, 0.3) is 0 Å². The lowest BCUT2D eigenvalue weighted by molar-refractivity contribution is -0.155. The number of carbonyl (C=O) groups is 1. The van der Waals surface area contributed by atoms with Crippen LogP contribution in [0, 0.1) is 0 Å². The maximum Gasteiger partial charge on any atom is 0.347 e. The molecule has 0 saturated carbocycles. The van der Waals surface area contributed by atoms with Crippen molar-refractivity contribution in [3.05, 3.63) is 64.0 Å². The van der Waals surface area contributed by atoms with Crippen LogP contribution >= 0.6 is 11.6 Å². The smallest absolute Gasteiger partial charge is 0.347 e. The fourth-order valence-corrected chi connectivity index (χ4v) is 2.91. The van der Waals surface area contributed by atoms with Gasteiger partial charge in [-0.1, -0.05) is 36.7 Å². The van der Waals surface area contributed by atoms with E-state index in [-0.39, 0.29) is 11.5 Å². The van der Waals surface area contributed by atoms with E-state index in [1.807, 2.05) is 19.9 Å². The molecule has 1 heterocycles. The summed E-state index contributed by atoms with van der Waals surface area (Å²) in [6.45, 7) is 5.38. The maximum atomic E-state index is 12.8. The topological polar surface area (TPSA) is 65.7 Å². The molecule has 3 aromatic rings. The van der Waals surface area contributed by atoms with Crippen LogP contribution in [-0.4, -0.2) is 18.2 Å². The molecule has 0 radical (unpaired) electrons. The van der Waals surface area contributed by atoms with E-state index in [9.17, 15) is 9.59 Å². The predicted molar refractivity (Wildman–Crippen MR) is 109 cm³/mol. The molecular formula is C22H21ClO5. The summed E-state index contributed by atoms with van der Waals surface area (Å²) in [5.74, 6) is -0.0280. The molecule has 0 aliphatic heterocycles. The van der Waals surface area contributed by atoms with E-state index in [0.717, 1.165) is 6.42 Å². The molecule has 28 heavy (non-hydrogen) atoms. The van der Waals surface area contributed by atoms with Crippen molar-refractivity contribution in [1.29, 1.82) is 0 Å². The molecule has 5 nitrogen and oxygen atoms in total. The number of ether oxygens (including phenoxy) is 2. The minimum Gasteiger partial charge on any atom is -0.479 e. The van der Waals surface area contributed by atoms with Crippen molar-refractivity contribution in [3.8, 4) is 16.9 Å². The maximum absolute atomic E-state index is 12.8. The van der Waals surface area contributed by atoms with Gasteiger partial charge in [0, 0.05) is 16.7 Å². The molecule has 1 aromatic heterocycles. The van der Waals surface area contributed by atoms with Crippen LogP contribution < -0.4 is 10.2 Å². The van der Waals surface area contributed by atoms with E-state index < -0.39 is 12.1 Å². The lowest BCUT2D eigenvalue weighted by atomic mass is 10.1. The standard InChI is InChI=1S/C22H21ClO5/c1-4-13(2)27-22(25)14(3)28-15-9-10-17-20(11-15)26-12-18(21(17)24)16-7-5-6-8-19(16)23/h5-14H,4H2,1-3H3/t13-,14+/m1/s1. The highest BCUT2D eigenvalue weighted by Crippen LogP contribution is 2.28. The number of hydrogen-bond acceptors (Lipinski definition) is 5. The quantitative estimate of drug-likeness (QED) is 0.530. The molecule has 0 bridgehead atoms. The van der Waals surface area contributed by atoms with Crippen molar-refractivity contribution in [3.63, 3.8) is 0 Å². The Labute approximate surface area is 167 Å². The fraction of sp³-hybridized carbons (Fsp3) is 0.273. The van der Waals surface area contributed by atoms with Crippen LogP contribution in [0.25, 0.3) is 22.1 Å². The first-order valence-corrected chi connectivity index (χ1v) is 9.46. The Morgan fingerprint density at radius 3 is 2.61 bits per heavy atom. The molecule has 0 unspecified atom stereocenters. The second-order valence-corrected chi connectivity index (χ2v) is 6.94. The van der Waals surface area contributed by atoms with Crippen molar-refractivity contribution in [2.45, 2.75) is 39.4 Å². The predicted octanol–water partition coefficient (Wildman–Crippen LogP) is 5.22. The summed E-state index contributed by atoms with van der Waals surface area (Å²) in [6.07, 6.45) is 1.17. The number of hydrogen-bond donors (Lipinski definition) is 0. The van der Waals surface area contributed by atoms with Crippen LogP contribution in [0.4, 0.5) is 0 Å². The number of rotatable bonds is 6. The van der Waals surface area contributed by atoms with Crippen molar-refractivity contribution in [2.75, 3.05) is 0 Å². The van der Waals surface area contributed by atoms with Crippen LogP contribution in [0.2, 0.25) is 5.02 Å². The van der Waals surface area contributed by atoms with Crippen LogP contribution in [-0.2, 0) is 9.53 Å². The largest absolute Gasteiger partial charge is 0.479 e. The minimum absolute atomic E-state index is 0.170. The zero-order valence-electron chi connectivity index (χ0n) is 15.9. The van der Waals surface area contributed by atoms with Crippen LogP contribution in [0.3, 0.4) is 0 Å². The summed E-state index contributed by atoms with van der Waals surface area (Å²) in [7, 11) is 0. The lowest BCUT2D eigenvalue weighted by Gasteiger charge is -2.17. The Hall–Kier alpha value is -2.79. The zero-order valence-corrected chi connectivity index (χ0v) is 16.7. The third-order valence-corrected chi connectivity index (χ3v) is 4.78. The van der Waals surface area contributed by atoms with Gasteiger partial charge in [-0.2, -0.15) is 0 Å². The summed E-state index contributed by atoms with van der Waals surface area (Å²) in [4.78, 5) is 24.9. The number of halogens is 1. The summed E-state index contributed by atoms with van der Waals surface area (Å²) in [5, 5.41) is 0.877. The van der Waals surface area contributed by atoms with Gasteiger partial charge in [0.15, 0.2) is 6.10 Å². The van der Waals surface area contributed by atoms with Gasteiger partial charge in [-0.15, -0.1) is 0 Å². The van der Waals surface area contributed by atoms with Gasteiger partial charge in [0.1, 0.15) is 17.6 Å². The molecular weight excluding hydrogens is 380 g/mol. The van der Waals surface area contributed by atoms with Gasteiger partial charge >= 0.3 is 5.97 Å². The lowest BCUT2D eigenvalue weighted by Crippen LogP contribution is -2.29. The van der Waals surface area contributed by atoms with Gasteiger partial charge in [-0.05, 0) is 38.5 Å². The van der Waals surface area contributed by atoms with E-state index in [1.54, 1.807) is 43.3 Å². The van der Waals surface area contributed by atoms with Crippen molar-refractivity contribution < 1.29 is 18.7 Å². The summed E-state index contributed by atoms with van der Waals surface area (Å²) in [6, 6.07) is 11.9. The fourth-order valence-electron chi connectivity index (χ4n) is 2.68. The highest BCUT2D eigenvalue weighted by Gasteiger charge is 2.19. The SMILES string of the molecule is CC[C@@H](C)OC(=O)[C@H](C)Oc1ccc2c(=O)c(-c3ccccc3Cl)coc2c1. The Balaban J connectivity index is 1.87. The molecule has 0 N–H and O–H groups in total. The van der Waals surface area contributed by atoms with Gasteiger partial charge in [-0.3, -0.25) is 4.79 Å². The molecule has 0 amide bonds. The molecule has 0 saturated heterocycles. The van der Waals surface area contributed by atoms with Gasteiger partial charge < -0.3 is 13.9 Å². The number of carbonyl (C=O) groups excluding carboxylic acids is 1. The van der Waals surface area contributed by atoms with Crippen molar-refractivity contribution >= 4 is 28.5 Å². The summed E-state index contributed by atoms with van der Waals surface area (Å²) < 4.78 is 16.6. The molecule has 0 fully saturated rings. The molecule has 2 aromatic carbocycles. The minimum atomic E-state index is -0.777. The van der Waals surface area contributed by atoms with E-state index >= 15 is 0 Å². The Morgan fingerprint density at radius 1 is 1.14 bits per heavy atom. The second kappa shape index (κ2) is 8.48. The molecule has 146 valence electrons. The van der Waals surface area contributed by atoms with Gasteiger partial charge in [0.05, 0.1) is 17.1 Å². The van der Waals surface area contributed by atoms with E-state index in [1.165, 1.54) is 6.26 Å². The van der Waals surface area contributed by atoms with Crippen LogP contribution in [0.15, 0.2) is 57.9 Å². The van der Waals surface area contributed by atoms with E-state index in [0.29, 0.717) is 32.9 Å². The Bertz CT molecular complexity index is 1060. The normalized spacial score (nSPS) is 13.1. The molecule has 3 rings (SSSR count). The summed E-state index contributed by atoms with van der Waals surface area (Å²) >= 11 is 6.20. The first kappa shape index (κ1) is 20.0. The van der Waals surface area contributed by atoms with E-state index in [2.05, 4.69) is 0 Å². The van der Waals surface area contributed by atoms with Crippen LogP contribution in [0.1, 0.15) is 27.2 Å². The monoisotopic (exact) mass is 400 g/mol. The molecule has 0 aliphatic carbocycles. The number of esters is 1. The highest BCUT2D eigenvalue weighted by atomic mass is 35.5. The number of fused-ring (bicyclic) bond motifs is 1. The first-order valence-electron chi connectivity index (χ1n) is 9.08. The van der Waals surface area contributed by atoms with Crippen molar-refractivity contribution in [2.24, 2.45) is 0 Å². The third kappa shape index (κ3) is 4.20. The number of benzene rings is 2. The summed E-state index contributed by atoms with van der Waals surface area (Å²) in [5.41, 5.74) is 1.17. The van der Waals surface area contributed by atoms with Crippen molar-refractivity contribution in [1.82, 2.24) is 0 Å². The van der Waals surface area contributed by atoms with Gasteiger partial charge in [-0.25, -0.2) is 4.79 Å². The molecule has 0 aliphatic rings. The third-order valence-electron chi connectivity index (χ3n) is 4.45. The molecule has 2 atom stereocenters. The van der Waals surface area contributed by atoms with Gasteiger partial charge in [0.2, 0.25) is 5.43 Å². The molecule has 0 spiro atoms. The first-order chi connectivity index (χ1) is 13.4. The average Bonchev–Trinajstić information content (AvgIpc) is 2.69. The average molecular weight is 401 g/mol. The Kier molecular flexibility index (Phi) is 6.05.